The van der Waals surface area contributed by atoms with Gasteiger partial charge in [-0.25, -0.2) is 0 Å². The van der Waals surface area contributed by atoms with E-state index in [2.05, 4.69) is 11.4 Å². The molecule has 0 unspecified atom stereocenters. The molecular formula is C14H19NO3. The maximum Gasteiger partial charge on any atom is 0.164 e. The van der Waals surface area contributed by atoms with Crippen LogP contribution in [0.15, 0.2) is 18.2 Å². The first-order chi connectivity index (χ1) is 8.85. The van der Waals surface area contributed by atoms with Crippen molar-refractivity contribution in [2.45, 2.75) is 5.92 Å². The molecule has 0 amide bonds. The standard InChI is InChI=1S/C14H19NO3/c1-17-13-4-2-3-10-11-6-15-5-9(7-16)12(11)8-18-14(10)13/h2-4,9,11-12,15-16H,5-8H2,1H3/t9-,11+,12-/m1/s1. The molecule has 3 rings (SSSR count). The summed E-state index contributed by atoms with van der Waals surface area (Å²) < 4.78 is 11.2. The van der Waals surface area contributed by atoms with E-state index in [4.69, 9.17) is 9.47 Å². The van der Waals surface area contributed by atoms with Crippen molar-refractivity contribution in [1.29, 1.82) is 0 Å². The molecule has 1 aromatic rings. The van der Waals surface area contributed by atoms with Crippen molar-refractivity contribution in [3.05, 3.63) is 23.8 Å². The number of piperidine rings is 1. The van der Waals surface area contributed by atoms with E-state index >= 15 is 0 Å². The van der Waals surface area contributed by atoms with Gasteiger partial charge in [-0.3, -0.25) is 0 Å². The van der Waals surface area contributed by atoms with Gasteiger partial charge in [-0.2, -0.15) is 0 Å². The molecule has 0 aromatic heterocycles. The molecule has 0 bridgehead atoms. The monoisotopic (exact) mass is 249 g/mol. The highest BCUT2D eigenvalue weighted by Gasteiger charge is 2.39. The van der Waals surface area contributed by atoms with E-state index in [0.717, 1.165) is 24.6 Å². The highest BCUT2D eigenvalue weighted by Crippen LogP contribution is 2.45. The SMILES string of the molecule is COc1cccc2c1OC[C@@H]1[C@@H](CO)CNC[C@@H]21. The lowest BCUT2D eigenvalue weighted by Crippen LogP contribution is -2.47. The Labute approximate surface area is 107 Å². The minimum absolute atomic E-state index is 0.219. The van der Waals surface area contributed by atoms with Crippen LogP contribution in [0.25, 0.3) is 0 Å². The van der Waals surface area contributed by atoms with Crippen molar-refractivity contribution in [2.75, 3.05) is 33.4 Å². The zero-order chi connectivity index (χ0) is 12.5. The summed E-state index contributed by atoms with van der Waals surface area (Å²) in [5.74, 6) is 2.77. The van der Waals surface area contributed by atoms with Gasteiger partial charge in [0.25, 0.3) is 0 Å². The van der Waals surface area contributed by atoms with Crippen molar-refractivity contribution in [2.24, 2.45) is 11.8 Å². The number of para-hydroxylation sites is 1. The number of nitrogens with one attached hydrogen (secondary N) is 1. The Morgan fingerprint density at radius 2 is 2.33 bits per heavy atom. The summed E-state index contributed by atoms with van der Waals surface area (Å²) in [5, 5.41) is 12.9. The fraction of sp³-hybridized carbons (Fsp3) is 0.571. The van der Waals surface area contributed by atoms with Crippen molar-refractivity contribution in [1.82, 2.24) is 5.32 Å². The normalized spacial score (nSPS) is 30.0. The number of aliphatic hydroxyl groups excluding tert-OH is 1. The van der Waals surface area contributed by atoms with Gasteiger partial charge in [0.1, 0.15) is 0 Å². The maximum atomic E-state index is 9.46. The van der Waals surface area contributed by atoms with Gasteiger partial charge in [0.15, 0.2) is 11.5 Å². The van der Waals surface area contributed by atoms with Crippen LogP contribution >= 0.6 is 0 Å². The molecule has 0 aliphatic carbocycles. The fourth-order valence-corrected chi connectivity index (χ4v) is 3.17. The number of ether oxygens (including phenoxy) is 2. The van der Waals surface area contributed by atoms with E-state index in [1.54, 1.807) is 7.11 Å². The lowest BCUT2D eigenvalue weighted by Gasteiger charge is -2.42. The van der Waals surface area contributed by atoms with Crippen molar-refractivity contribution in [3.63, 3.8) is 0 Å². The molecule has 2 heterocycles. The van der Waals surface area contributed by atoms with E-state index in [0.29, 0.717) is 18.4 Å². The number of fused-ring (bicyclic) bond motifs is 3. The molecule has 3 atom stereocenters. The molecule has 1 fully saturated rings. The van der Waals surface area contributed by atoms with Gasteiger partial charge in [0, 0.05) is 43.0 Å². The van der Waals surface area contributed by atoms with Crippen LogP contribution in [0.2, 0.25) is 0 Å². The van der Waals surface area contributed by atoms with E-state index in [1.165, 1.54) is 5.56 Å². The second-order valence-corrected chi connectivity index (χ2v) is 5.06. The lowest BCUT2D eigenvalue weighted by atomic mass is 9.74. The van der Waals surface area contributed by atoms with E-state index in [9.17, 15) is 5.11 Å². The first-order valence-corrected chi connectivity index (χ1v) is 6.46. The Kier molecular flexibility index (Phi) is 3.14. The first kappa shape index (κ1) is 11.8. The third-order valence-corrected chi connectivity index (χ3v) is 4.18. The number of hydrogen-bond acceptors (Lipinski definition) is 4. The van der Waals surface area contributed by atoms with E-state index in [1.807, 2.05) is 12.1 Å². The molecule has 0 spiro atoms. The van der Waals surface area contributed by atoms with Gasteiger partial charge in [0.05, 0.1) is 13.7 Å². The average molecular weight is 249 g/mol. The Balaban J connectivity index is 1.98. The Bertz CT molecular complexity index is 435. The van der Waals surface area contributed by atoms with Crippen LogP contribution in [0, 0.1) is 11.8 Å². The molecule has 2 N–H and O–H groups in total. The van der Waals surface area contributed by atoms with Crippen molar-refractivity contribution < 1.29 is 14.6 Å². The molecule has 0 radical (unpaired) electrons. The highest BCUT2D eigenvalue weighted by atomic mass is 16.5. The summed E-state index contributed by atoms with van der Waals surface area (Å²) in [6, 6.07) is 6.04. The van der Waals surface area contributed by atoms with Crippen LogP contribution in [0.5, 0.6) is 11.5 Å². The topological polar surface area (TPSA) is 50.7 Å². The summed E-state index contributed by atoms with van der Waals surface area (Å²) in [6.45, 7) is 2.72. The second-order valence-electron chi connectivity index (χ2n) is 5.06. The average Bonchev–Trinajstić information content (AvgIpc) is 2.45. The third-order valence-electron chi connectivity index (χ3n) is 4.18. The molecule has 4 heteroatoms. The number of benzene rings is 1. The molecular weight excluding hydrogens is 230 g/mol. The maximum absolute atomic E-state index is 9.46. The Morgan fingerprint density at radius 3 is 3.11 bits per heavy atom. The van der Waals surface area contributed by atoms with Gasteiger partial charge >= 0.3 is 0 Å². The van der Waals surface area contributed by atoms with E-state index < -0.39 is 0 Å². The Hall–Kier alpha value is -1.26. The summed E-state index contributed by atoms with van der Waals surface area (Å²) >= 11 is 0. The highest BCUT2D eigenvalue weighted by molar-refractivity contribution is 5.50. The van der Waals surface area contributed by atoms with Gasteiger partial charge in [-0.05, 0) is 6.07 Å². The van der Waals surface area contributed by atoms with Crippen LogP contribution in [0.1, 0.15) is 11.5 Å². The fourth-order valence-electron chi connectivity index (χ4n) is 3.17. The van der Waals surface area contributed by atoms with Gasteiger partial charge in [0.2, 0.25) is 0 Å². The van der Waals surface area contributed by atoms with Crippen LogP contribution in [-0.4, -0.2) is 38.5 Å². The van der Waals surface area contributed by atoms with E-state index in [-0.39, 0.29) is 12.5 Å². The minimum Gasteiger partial charge on any atom is -0.493 e. The molecule has 98 valence electrons. The number of rotatable bonds is 2. The minimum atomic E-state index is 0.219. The number of aliphatic hydroxyl groups is 1. The van der Waals surface area contributed by atoms with Gasteiger partial charge in [-0.1, -0.05) is 12.1 Å². The first-order valence-electron chi connectivity index (χ1n) is 6.46. The smallest absolute Gasteiger partial charge is 0.164 e. The predicted molar refractivity (Wildman–Crippen MR) is 68.2 cm³/mol. The molecule has 1 aromatic carbocycles. The number of hydrogen-bond donors (Lipinski definition) is 2. The molecule has 4 nitrogen and oxygen atoms in total. The zero-order valence-corrected chi connectivity index (χ0v) is 10.6. The van der Waals surface area contributed by atoms with Gasteiger partial charge < -0.3 is 19.9 Å². The largest absolute Gasteiger partial charge is 0.493 e. The molecule has 1 saturated heterocycles. The van der Waals surface area contributed by atoms with Crippen molar-refractivity contribution >= 4 is 0 Å². The van der Waals surface area contributed by atoms with Crippen LogP contribution in [0.4, 0.5) is 0 Å². The quantitative estimate of drug-likeness (QED) is 0.821. The summed E-state index contributed by atoms with van der Waals surface area (Å²) in [7, 11) is 1.67. The summed E-state index contributed by atoms with van der Waals surface area (Å²) in [6.07, 6.45) is 0. The summed E-state index contributed by atoms with van der Waals surface area (Å²) in [4.78, 5) is 0. The molecule has 2 aliphatic rings. The number of methoxy groups -OCH3 is 1. The predicted octanol–water partition coefficient (Wildman–Crippen LogP) is 0.999. The molecule has 2 aliphatic heterocycles. The summed E-state index contributed by atoms with van der Waals surface area (Å²) in [5.41, 5.74) is 1.20. The Morgan fingerprint density at radius 1 is 1.44 bits per heavy atom. The zero-order valence-electron chi connectivity index (χ0n) is 10.6. The lowest BCUT2D eigenvalue weighted by molar-refractivity contribution is 0.0723. The third kappa shape index (κ3) is 1.76. The van der Waals surface area contributed by atoms with Crippen LogP contribution in [-0.2, 0) is 0 Å². The van der Waals surface area contributed by atoms with Crippen LogP contribution in [0.3, 0.4) is 0 Å². The van der Waals surface area contributed by atoms with Crippen molar-refractivity contribution in [3.8, 4) is 11.5 Å². The second kappa shape index (κ2) is 4.78. The molecule has 18 heavy (non-hydrogen) atoms. The van der Waals surface area contributed by atoms with Gasteiger partial charge in [-0.15, -0.1) is 0 Å². The van der Waals surface area contributed by atoms with Crippen LogP contribution < -0.4 is 14.8 Å². The molecule has 0 saturated carbocycles.